The zero-order valence-corrected chi connectivity index (χ0v) is 5.63. The molecule has 9 heavy (non-hydrogen) atoms. The van der Waals surface area contributed by atoms with Crippen molar-refractivity contribution in [3.05, 3.63) is 5.38 Å². The first-order valence-electron chi connectivity index (χ1n) is 2.35. The molecular weight excluding hydrogens is 138 g/mol. The average molecular weight is 143 g/mol. The summed E-state index contributed by atoms with van der Waals surface area (Å²) in [4.78, 5) is 4.70. The van der Waals surface area contributed by atoms with Crippen LogP contribution < -0.4 is 4.84 Å². The molecule has 0 bridgehead atoms. The van der Waals surface area contributed by atoms with Crippen molar-refractivity contribution >= 4 is 17.7 Å². The smallest absolute Gasteiger partial charge is 0.280 e. The highest BCUT2D eigenvalue weighted by Gasteiger charge is 1.91. The second-order valence-electron chi connectivity index (χ2n) is 1.20. The van der Waals surface area contributed by atoms with Gasteiger partial charge in [0.05, 0.1) is 5.38 Å². The van der Waals surface area contributed by atoms with Gasteiger partial charge in [-0.25, -0.2) is 0 Å². The Bertz CT molecular complexity index is 184. The largest absolute Gasteiger partial charge is 0.334 e. The van der Waals surface area contributed by atoms with Crippen LogP contribution in [-0.2, 0) is 0 Å². The molecule has 1 aromatic heterocycles. The molecule has 1 aromatic rings. The fourth-order valence-corrected chi connectivity index (χ4v) is 0.658. The molecule has 0 amide bonds. The maximum atomic E-state index is 4.70. The molecule has 0 fully saturated rings. The molecule has 0 saturated heterocycles. The van der Waals surface area contributed by atoms with Crippen LogP contribution in [0, 0.1) is 0 Å². The van der Waals surface area contributed by atoms with Crippen molar-refractivity contribution in [2.75, 3.05) is 0 Å². The minimum absolute atomic E-state index is 0.443. The number of rotatable bonds is 2. The molecule has 4 nitrogen and oxygen atoms in total. The Morgan fingerprint density at radius 2 is 2.78 bits per heavy atom. The minimum atomic E-state index is 0.443. The Morgan fingerprint density at radius 3 is 3.33 bits per heavy atom. The Labute approximate surface area is 56.3 Å². The molecule has 0 N–H and O–H groups in total. The summed E-state index contributed by atoms with van der Waals surface area (Å²) in [6, 6.07) is 0. The van der Waals surface area contributed by atoms with Gasteiger partial charge < -0.3 is 4.84 Å². The third-order valence-corrected chi connectivity index (χ3v) is 1.07. The van der Waals surface area contributed by atoms with Crippen LogP contribution in [0.15, 0.2) is 10.5 Å². The molecule has 48 valence electrons. The van der Waals surface area contributed by atoms with Crippen LogP contribution in [0.3, 0.4) is 0 Å². The molecule has 0 aromatic carbocycles. The van der Waals surface area contributed by atoms with Crippen molar-refractivity contribution in [3.8, 4) is 5.88 Å². The Hall–Kier alpha value is -0.970. The van der Waals surface area contributed by atoms with E-state index in [1.165, 1.54) is 11.5 Å². The van der Waals surface area contributed by atoms with Crippen LogP contribution >= 0.6 is 11.5 Å². The van der Waals surface area contributed by atoms with Crippen molar-refractivity contribution in [2.24, 2.45) is 5.16 Å². The van der Waals surface area contributed by atoms with Gasteiger partial charge in [0, 0.05) is 6.21 Å². The maximum Gasteiger partial charge on any atom is 0.280 e. The highest BCUT2D eigenvalue weighted by molar-refractivity contribution is 7.03. The van der Waals surface area contributed by atoms with E-state index in [2.05, 4.69) is 14.7 Å². The third-order valence-electron chi connectivity index (χ3n) is 0.592. The van der Waals surface area contributed by atoms with E-state index in [4.69, 9.17) is 4.84 Å². The molecule has 1 rings (SSSR count). The highest BCUT2D eigenvalue weighted by atomic mass is 32.1. The monoisotopic (exact) mass is 143 g/mol. The molecule has 0 unspecified atom stereocenters. The van der Waals surface area contributed by atoms with Crippen LogP contribution in [0.1, 0.15) is 6.92 Å². The summed E-state index contributed by atoms with van der Waals surface area (Å²) in [5.74, 6) is 0.443. The van der Waals surface area contributed by atoms with Gasteiger partial charge in [0.2, 0.25) is 0 Å². The Balaban J connectivity index is 2.48. The molecule has 5 heteroatoms. The zero-order valence-electron chi connectivity index (χ0n) is 4.81. The van der Waals surface area contributed by atoms with Crippen LogP contribution in [0.5, 0.6) is 5.88 Å². The predicted molar refractivity (Wildman–Crippen MR) is 34.7 cm³/mol. The molecule has 0 radical (unpaired) electrons. The quantitative estimate of drug-likeness (QED) is 0.457. The third kappa shape index (κ3) is 1.77. The average Bonchev–Trinajstić information content (AvgIpc) is 2.34. The summed E-state index contributed by atoms with van der Waals surface area (Å²) < 4.78 is 3.57. The summed E-state index contributed by atoms with van der Waals surface area (Å²) >= 11 is 1.23. The van der Waals surface area contributed by atoms with Gasteiger partial charge in [0.25, 0.3) is 5.88 Å². The van der Waals surface area contributed by atoms with Gasteiger partial charge in [-0.3, -0.25) is 0 Å². The number of hydrogen-bond acceptors (Lipinski definition) is 5. The predicted octanol–water partition coefficient (Wildman–Crippen LogP) is 0.923. The van der Waals surface area contributed by atoms with E-state index in [0.29, 0.717) is 5.88 Å². The van der Waals surface area contributed by atoms with Gasteiger partial charge in [0.15, 0.2) is 0 Å². The fraction of sp³-hybridized carbons (Fsp3) is 0.250. The highest BCUT2D eigenvalue weighted by Crippen LogP contribution is 2.05. The summed E-state index contributed by atoms with van der Waals surface area (Å²) in [6.07, 6.45) is 1.54. The van der Waals surface area contributed by atoms with Gasteiger partial charge >= 0.3 is 0 Å². The van der Waals surface area contributed by atoms with E-state index < -0.39 is 0 Å². The molecule has 0 aliphatic rings. The lowest BCUT2D eigenvalue weighted by molar-refractivity contribution is 0.329. The van der Waals surface area contributed by atoms with Gasteiger partial charge in [-0.05, 0) is 18.5 Å². The minimum Gasteiger partial charge on any atom is -0.334 e. The van der Waals surface area contributed by atoms with E-state index >= 15 is 0 Å². The second kappa shape index (κ2) is 3.13. The molecule has 0 aliphatic carbocycles. The molecule has 0 spiro atoms. The fourth-order valence-electron chi connectivity index (χ4n) is 0.303. The number of aromatic nitrogens is 2. The molecular formula is C4H5N3OS. The summed E-state index contributed by atoms with van der Waals surface area (Å²) in [5.41, 5.74) is 0. The first-order valence-corrected chi connectivity index (χ1v) is 3.19. The van der Waals surface area contributed by atoms with Crippen molar-refractivity contribution in [2.45, 2.75) is 6.92 Å². The van der Waals surface area contributed by atoms with Crippen LogP contribution in [0.4, 0.5) is 0 Å². The molecule has 0 aliphatic heterocycles. The number of nitrogens with zero attached hydrogens (tertiary/aromatic N) is 3. The van der Waals surface area contributed by atoms with Gasteiger partial charge in [-0.1, -0.05) is 14.7 Å². The first kappa shape index (κ1) is 6.15. The first-order chi connectivity index (χ1) is 4.43. The Kier molecular flexibility index (Phi) is 2.14. The van der Waals surface area contributed by atoms with E-state index in [1.807, 2.05) is 0 Å². The van der Waals surface area contributed by atoms with Crippen molar-refractivity contribution in [3.63, 3.8) is 0 Å². The summed E-state index contributed by atoms with van der Waals surface area (Å²) in [6.45, 7) is 1.76. The van der Waals surface area contributed by atoms with E-state index in [9.17, 15) is 0 Å². The van der Waals surface area contributed by atoms with Crippen LogP contribution in [0.2, 0.25) is 0 Å². The van der Waals surface area contributed by atoms with E-state index in [1.54, 1.807) is 18.5 Å². The van der Waals surface area contributed by atoms with Gasteiger partial charge in [0.1, 0.15) is 0 Å². The van der Waals surface area contributed by atoms with Crippen molar-refractivity contribution < 1.29 is 4.84 Å². The van der Waals surface area contributed by atoms with E-state index in [-0.39, 0.29) is 0 Å². The lowest BCUT2D eigenvalue weighted by Crippen LogP contribution is -1.81. The van der Waals surface area contributed by atoms with Gasteiger partial charge in [-0.15, -0.1) is 0 Å². The molecule has 0 atom stereocenters. The zero-order chi connectivity index (χ0) is 6.53. The SMILES string of the molecule is CC=NOc1csnn1. The van der Waals surface area contributed by atoms with Crippen LogP contribution in [-0.4, -0.2) is 15.8 Å². The second-order valence-corrected chi connectivity index (χ2v) is 1.81. The summed E-state index contributed by atoms with van der Waals surface area (Å²) in [5, 5.41) is 8.75. The molecule has 1 heterocycles. The Morgan fingerprint density at radius 1 is 1.89 bits per heavy atom. The molecule has 0 saturated carbocycles. The van der Waals surface area contributed by atoms with Crippen LogP contribution in [0.25, 0.3) is 0 Å². The number of oxime groups is 1. The van der Waals surface area contributed by atoms with E-state index in [0.717, 1.165) is 0 Å². The normalized spacial score (nSPS) is 10.3. The standard InChI is InChI=1S/C4H5N3OS/c1-2-5-8-4-3-9-7-6-4/h2-3H,1H3. The van der Waals surface area contributed by atoms with Crippen molar-refractivity contribution in [1.82, 2.24) is 9.59 Å². The number of hydrogen-bond donors (Lipinski definition) is 0. The van der Waals surface area contributed by atoms with Gasteiger partial charge in [-0.2, -0.15) is 0 Å². The lowest BCUT2D eigenvalue weighted by atomic mass is 10.9. The van der Waals surface area contributed by atoms with Crippen molar-refractivity contribution in [1.29, 1.82) is 0 Å². The summed E-state index contributed by atoms with van der Waals surface area (Å²) in [7, 11) is 0. The topological polar surface area (TPSA) is 47.4 Å². The lowest BCUT2D eigenvalue weighted by Gasteiger charge is -1.84. The maximum absolute atomic E-state index is 4.70.